The van der Waals surface area contributed by atoms with E-state index in [1.807, 2.05) is 0 Å². The van der Waals surface area contributed by atoms with Crippen molar-refractivity contribution in [2.24, 2.45) is 0 Å². The van der Waals surface area contributed by atoms with E-state index in [1.165, 1.54) is 29.1 Å². The lowest BCUT2D eigenvalue weighted by atomic mass is 9.97. The van der Waals surface area contributed by atoms with Crippen LogP contribution in [0.15, 0.2) is 45.6 Å². The highest BCUT2D eigenvalue weighted by atomic mass is 32.1. The fourth-order valence-corrected chi connectivity index (χ4v) is 4.98. The van der Waals surface area contributed by atoms with Crippen LogP contribution >= 0.6 is 11.3 Å². The topological polar surface area (TPSA) is 68.1 Å². The summed E-state index contributed by atoms with van der Waals surface area (Å²) in [4.78, 5) is 22.0. The van der Waals surface area contributed by atoms with Crippen LogP contribution in [0.2, 0.25) is 0 Å². The van der Waals surface area contributed by atoms with E-state index in [-0.39, 0.29) is 11.3 Å². The minimum absolute atomic E-state index is 0.180. The number of aromatic nitrogens is 2. The number of aromatic amines is 1. The maximum atomic E-state index is 12.7. The Morgan fingerprint density at radius 3 is 2.53 bits per heavy atom. The predicted molar refractivity (Wildman–Crippen MR) is 107 cm³/mol. The molecule has 1 aliphatic carbocycles. The van der Waals surface area contributed by atoms with Crippen LogP contribution in [0.4, 0.5) is 13.2 Å². The Morgan fingerprint density at radius 2 is 1.77 bits per heavy atom. The number of benzene rings is 1. The summed E-state index contributed by atoms with van der Waals surface area (Å²) in [5, 5.41) is 0.672. The van der Waals surface area contributed by atoms with Crippen molar-refractivity contribution < 1.29 is 22.3 Å². The Balaban J connectivity index is 1.47. The lowest BCUT2D eigenvalue weighted by Gasteiger charge is -2.09. The zero-order valence-corrected chi connectivity index (χ0v) is 16.3. The first-order valence-electron chi connectivity index (χ1n) is 9.38. The first-order chi connectivity index (χ1) is 14.4. The predicted octanol–water partition coefficient (Wildman–Crippen LogP) is 5.69. The summed E-state index contributed by atoms with van der Waals surface area (Å²) in [6.45, 7) is 0. The van der Waals surface area contributed by atoms with Crippen LogP contribution < -0.4 is 10.3 Å². The Labute approximate surface area is 172 Å². The van der Waals surface area contributed by atoms with E-state index in [1.54, 1.807) is 23.5 Å². The normalized spacial score (nSPS) is 14.1. The molecule has 0 spiro atoms. The number of halogens is 3. The Hall–Kier alpha value is -3.07. The van der Waals surface area contributed by atoms with Crippen molar-refractivity contribution in [1.82, 2.24) is 9.97 Å². The van der Waals surface area contributed by atoms with E-state index in [0.717, 1.165) is 31.2 Å². The maximum absolute atomic E-state index is 12.7. The summed E-state index contributed by atoms with van der Waals surface area (Å²) in [6, 6.07) is 8.72. The molecule has 1 N–H and O–H groups in total. The van der Waals surface area contributed by atoms with Gasteiger partial charge in [-0.15, -0.1) is 24.5 Å². The Bertz CT molecular complexity index is 1290. The van der Waals surface area contributed by atoms with E-state index < -0.39 is 6.36 Å². The highest BCUT2D eigenvalue weighted by Gasteiger charge is 2.31. The second-order valence-corrected chi connectivity index (χ2v) is 8.13. The minimum atomic E-state index is -4.74. The smallest absolute Gasteiger partial charge is 0.453 e. The van der Waals surface area contributed by atoms with Gasteiger partial charge in [-0.05, 0) is 67.6 Å². The quantitative estimate of drug-likeness (QED) is 0.452. The monoisotopic (exact) mass is 432 g/mol. The molecule has 0 unspecified atom stereocenters. The van der Waals surface area contributed by atoms with Crippen molar-refractivity contribution in [2.45, 2.75) is 32.0 Å². The molecule has 3 aromatic heterocycles. The van der Waals surface area contributed by atoms with Crippen LogP contribution in [0.1, 0.15) is 23.3 Å². The van der Waals surface area contributed by atoms with Gasteiger partial charge in [-0.25, -0.2) is 4.98 Å². The molecule has 4 aromatic rings. The molecule has 1 aliphatic rings. The Kier molecular flexibility index (Phi) is 4.43. The summed E-state index contributed by atoms with van der Waals surface area (Å²) in [5.74, 6) is 0.841. The molecular formula is C21H15F3N2O3S. The molecule has 30 heavy (non-hydrogen) atoms. The van der Waals surface area contributed by atoms with Gasteiger partial charge in [0.1, 0.15) is 16.3 Å². The number of nitrogens with zero attached hydrogens (tertiary/aromatic N) is 1. The number of fused-ring (bicyclic) bond motifs is 3. The second kappa shape index (κ2) is 7.02. The number of ether oxygens (including phenoxy) is 1. The van der Waals surface area contributed by atoms with E-state index in [0.29, 0.717) is 33.1 Å². The van der Waals surface area contributed by atoms with Gasteiger partial charge in [0.2, 0.25) is 0 Å². The van der Waals surface area contributed by atoms with Gasteiger partial charge < -0.3 is 14.1 Å². The van der Waals surface area contributed by atoms with Crippen LogP contribution in [-0.2, 0) is 12.8 Å². The number of H-pyrrole nitrogens is 1. The number of alkyl halides is 3. The summed E-state index contributed by atoms with van der Waals surface area (Å²) >= 11 is 1.55. The molecule has 0 amide bonds. The average Bonchev–Trinajstić information content (AvgIpc) is 3.32. The van der Waals surface area contributed by atoms with Gasteiger partial charge in [0.25, 0.3) is 5.56 Å². The molecule has 0 aliphatic heterocycles. The third kappa shape index (κ3) is 3.49. The largest absolute Gasteiger partial charge is 0.573 e. The van der Waals surface area contributed by atoms with Gasteiger partial charge in [0, 0.05) is 10.4 Å². The number of aryl methyl sites for hydroxylation is 2. The van der Waals surface area contributed by atoms with Crippen molar-refractivity contribution in [3.8, 4) is 28.7 Å². The molecule has 0 fully saturated rings. The highest BCUT2D eigenvalue weighted by molar-refractivity contribution is 7.18. The van der Waals surface area contributed by atoms with E-state index >= 15 is 0 Å². The van der Waals surface area contributed by atoms with Crippen molar-refractivity contribution in [3.63, 3.8) is 0 Å². The van der Waals surface area contributed by atoms with Gasteiger partial charge in [0.05, 0.1) is 5.39 Å². The molecule has 0 saturated carbocycles. The van der Waals surface area contributed by atoms with Gasteiger partial charge >= 0.3 is 6.36 Å². The second-order valence-electron chi connectivity index (χ2n) is 7.04. The van der Waals surface area contributed by atoms with Crippen molar-refractivity contribution in [1.29, 1.82) is 0 Å². The molecule has 9 heteroatoms. The molecule has 0 radical (unpaired) electrons. The van der Waals surface area contributed by atoms with E-state index in [4.69, 9.17) is 4.42 Å². The molecule has 154 valence electrons. The van der Waals surface area contributed by atoms with Crippen LogP contribution in [0.25, 0.3) is 33.1 Å². The van der Waals surface area contributed by atoms with Crippen molar-refractivity contribution in [3.05, 3.63) is 57.2 Å². The van der Waals surface area contributed by atoms with Crippen LogP contribution in [0.5, 0.6) is 5.75 Å². The number of hydrogen-bond donors (Lipinski definition) is 1. The molecular weight excluding hydrogens is 417 g/mol. The Morgan fingerprint density at radius 1 is 1.03 bits per heavy atom. The molecule has 5 rings (SSSR count). The van der Waals surface area contributed by atoms with Crippen LogP contribution in [0.3, 0.4) is 0 Å². The SMILES string of the molecule is O=c1[nH]c(-c2ccc(-c3ccc(OC(F)(F)F)cc3)o2)nc2sc3c(c12)CCCC3. The third-order valence-corrected chi connectivity index (χ3v) is 6.22. The van der Waals surface area contributed by atoms with Gasteiger partial charge in [-0.2, -0.15) is 0 Å². The standard InChI is InChI=1S/C21H15F3N2O3S/c22-21(23,24)29-12-7-5-11(6-8-12)14-9-10-15(28-14)18-25-19(27)17-13-3-1-2-4-16(13)30-20(17)26-18/h5-10H,1-4H2,(H,25,26,27). The zero-order chi connectivity index (χ0) is 20.9. The number of rotatable bonds is 3. The first-order valence-corrected chi connectivity index (χ1v) is 10.2. The summed E-state index contributed by atoms with van der Waals surface area (Å²) in [5.41, 5.74) is 1.51. The molecule has 1 aromatic carbocycles. The fourth-order valence-electron chi connectivity index (χ4n) is 3.72. The van der Waals surface area contributed by atoms with Crippen molar-refractivity contribution >= 4 is 21.6 Å². The summed E-state index contributed by atoms with van der Waals surface area (Å²) in [6.07, 6.45) is -0.660. The molecule has 0 bridgehead atoms. The summed E-state index contributed by atoms with van der Waals surface area (Å²) in [7, 11) is 0. The third-order valence-electron chi connectivity index (χ3n) is 5.04. The number of hydrogen-bond acceptors (Lipinski definition) is 5. The maximum Gasteiger partial charge on any atom is 0.573 e. The van der Waals surface area contributed by atoms with Gasteiger partial charge in [-0.1, -0.05) is 0 Å². The van der Waals surface area contributed by atoms with Gasteiger partial charge in [0.15, 0.2) is 11.6 Å². The van der Waals surface area contributed by atoms with Crippen LogP contribution in [0, 0.1) is 0 Å². The number of thiophene rings is 1. The van der Waals surface area contributed by atoms with Gasteiger partial charge in [-0.3, -0.25) is 4.79 Å². The first kappa shape index (κ1) is 18.9. The van der Waals surface area contributed by atoms with E-state index in [2.05, 4.69) is 14.7 Å². The van der Waals surface area contributed by atoms with Crippen LogP contribution in [-0.4, -0.2) is 16.3 Å². The minimum Gasteiger partial charge on any atom is -0.453 e. The highest BCUT2D eigenvalue weighted by Crippen LogP contribution is 2.35. The average molecular weight is 432 g/mol. The fraction of sp³-hybridized carbons (Fsp3) is 0.238. The molecule has 0 atom stereocenters. The lowest BCUT2D eigenvalue weighted by Crippen LogP contribution is -2.16. The molecule has 3 heterocycles. The summed E-state index contributed by atoms with van der Waals surface area (Å²) < 4.78 is 46.6. The van der Waals surface area contributed by atoms with Crippen molar-refractivity contribution in [2.75, 3.05) is 0 Å². The number of furan rings is 1. The zero-order valence-electron chi connectivity index (χ0n) is 15.5. The molecule has 5 nitrogen and oxygen atoms in total. The van der Waals surface area contributed by atoms with E-state index in [9.17, 15) is 18.0 Å². The molecule has 0 saturated heterocycles. The lowest BCUT2D eigenvalue weighted by molar-refractivity contribution is -0.274. The number of nitrogens with one attached hydrogen (secondary N) is 1.